The molecule has 0 aromatic carbocycles. The van der Waals surface area contributed by atoms with Gasteiger partial charge in [0.25, 0.3) is 6.43 Å². The molecule has 3 nitrogen and oxygen atoms in total. The van der Waals surface area contributed by atoms with Gasteiger partial charge in [0.15, 0.2) is 0 Å². The lowest BCUT2D eigenvalue weighted by atomic mass is 10.1. The van der Waals surface area contributed by atoms with Gasteiger partial charge in [-0.15, -0.1) is 0 Å². The average molecular weight is 189 g/mol. The summed E-state index contributed by atoms with van der Waals surface area (Å²) in [4.78, 5) is 3.69. The molecule has 0 spiro atoms. The van der Waals surface area contributed by atoms with Gasteiger partial charge in [-0.25, -0.2) is 13.8 Å². The number of alkyl halides is 2. The maximum Gasteiger partial charge on any atom is 0.268 e. The Morgan fingerprint density at radius 3 is 2.77 bits per heavy atom. The van der Waals surface area contributed by atoms with E-state index in [4.69, 9.17) is 9.84 Å². The maximum atomic E-state index is 12.1. The normalized spacial score (nSPS) is 13.0. The zero-order valence-electron chi connectivity index (χ0n) is 6.95. The van der Waals surface area contributed by atoms with Gasteiger partial charge in [-0.3, -0.25) is 0 Å². The molecule has 13 heavy (non-hydrogen) atoms. The van der Waals surface area contributed by atoms with Crippen LogP contribution in [0.15, 0.2) is 18.3 Å². The summed E-state index contributed by atoms with van der Waals surface area (Å²) in [5.74, 6) is 0.0234. The molecule has 0 aliphatic rings. The Labute approximate surface area is 74.0 Å². The van der Waals surface area contributed by atoms with Crippen molar-refractivity contribution in [3.05, 3.63) is 23.9 Å². The van der Waals surface area contributed by atoms with E-state index in [1.165, 1.54) is 25.4 Å². The van der Waals surface area contributed by atoms with Crippen molar-refractivity contribution in [1.29, 1.82) is 0 Å². The predicted molar refractivity (Wildman–Crippen MR) is 41.8 cm³/mol. The molecule has 1 unspecified atom stereocenters. The van der Waals surface area contributed by atoms with E-state index in [1.54, 1.807) is 0 Å². The van der Waals surface area contributed by atoms with E-state index >= 15 is 0 Å². The first-order chi connectivity index (χ1) is 6.16. The number of aromatic nitrogens is 1. The predicted octanol–water partition coefficient (Wildman–Crippen LogP) is 1.39. The number of aliphatic hydroxyl groups excluding tert-OH is 1. The molecule has 0 fully saturated rings. The van der Waals surface area contributed by atoms with E-state index in [0.717, 1.165) is 0 Å². The second-order valence-electron chi connectivity index (χ2n) is 2.38. The number of aliphatic hydroxyl groups is 1. The van der Waals surface area contributed by atoms with Crippen LogP contribution in [0.25, 0.3) is 0 Å². The second kappa shape index (κ2) is 4.13. The zero-order valence-corrected chi connectivity index (χ0v) is 6.95. The fraction of sp³-hybridized carbons (Fsp3) is 0.375. The molecule has 0 saturated carbocycles. The molecule has 0 aliphatic carbocycles. The Bertz CT molecular complexity index is 281. The van der Waals surface area contributed by atoms with Crippen molar-refractivity contribution in [1.82, 2.24) is 4.98 Å². The Kier molecular flexibility index (Phi) is 3.13. The molecule has 0 bridgehead atoms. The maximum absolute atomic E-state index is 12.1. The largest absolute Gasteiger partial charge is 0.481 e. The Morgan fingerprint density at radius 1 is 1.54 bits per heavy atom. The summed E-state index contributed by atoms with van der Waals surface area (Å²) in [5.41, 5.74) is 0.000000000000000222. The molecule has 1 heterocycles. The highest BCUT2D eigenvalue weighted by Crippen LogP contribution is 2.26. The lowest BCUT2D eigenvalue weighted by Crippen LogP contribution is -2.10. The molecule has 1 aromatic heterocycles. The number of ether oxygens (including phenoxy) is 1. The standard InChI is InChI=1S/C8H9F2NO2/c1-13-8-5(3-2-4-11-8)6(12)7(9)10/h2-4,6-7,12H,1H3. The molecule has 72 valence electrons. The first-order valence-corrected chi connectivity index (χ1v) is 3.62. The van der Waals surface area contributed by atoms with Crippen molar-refractivity contribution in [2.24, 2.45) is 0 Å². The van der Waals surface area contributed by atoms with Gasteiger partial charge >= 0.3 is 0 Å². The first kappa shape index (κ1) is 9.85. The van der Waals surface area contributed by atoms with Crippen molar-refractivity contribution in [2.75, 3.05) is 7.11 Å². The quantitative estimate of drug-likeness (QED) is 0.781. The summed E-state index contributed by atoms with van der Waals surface area (Å²) < 4.78 is 28.9. The molecule has 1 N–H and O–H groups in total. The Hall–Kier alpha value is -1.23. The fourth-order valence-corrected chi connectivity index (χ4v) is 0.935. The molecule has 0 saturated heterocycles. The van der Waals surface area contributed by atoms with Gasteiger partial charge in [0, 0.05) is 11.8 Å². The highest BCUT2D eigenvalue weighted by molar-refractivity contribution is 5.27. The summed E-state index contributed by atoms with van der Waals surface area (Å²) in [7, 11) is 1.31. The van der Waals surface area contributed by atoms with E-state index < -0.39 is 12.5 Å². The highest BCUT2D eigenvalue weighted by atomic mass is 19.3. The summed E-state index contributed by atoms with van der Waals surface area (Å²) in [5, 5.41) is 9.04. The van der Waals surface area contributed by atoms with Gasteiger partial charge in [-0.2, -0.15) is 0 Å². The number of nitrogens with zero attached hydrogens (tertiary/aromatic N) is 1. The Balaban J connectivity index is 2.98. The second-order valence-corrected chi connectivity index (χ2v) is 2.38. The molecular weight excluding hydrogens is 180 g/mol. The van der Waals surface area contributed by atoms with Gasteiger partial charge < -0.3 is 9.84 Å². The molecule has 1 atom stereocenters. The number of halogens is 2. The lowest BCUT2D eigenvalue weighted by Gasteiger charge is -2.11. The summed E-state index contributed by atoms with van der Waals surface area (Å²) in [6.07, 6.45) is -3.28. The van der Waals surface area contributed by atoms with Crippen molar-refractivity contribution in [2.45, 2.75) is 12.5 Å². The van der Waals surface area contributed by atoms with Crippen LogP contribution in [0.2, 0.25) is 0 Å². The van der Waals surface area contributed by atoms with Gasteiger partial charge in [-0.1, -0.05) is 0 Å². The van der Waals surface area contributed by atoms with Gasteiger partial charge in [0.2, 0.25) is 5.88 Å². The smallest absolute Gasteiger partial charge is 0.268 e. The summed E-state index contributed by atoms with van der Waals surface area (Å²) in [6.45, 7) is 0. The minimum Gasteiger partial charge on any atom is -0.481 e. The first-order valence-electron chi connectivity index (χ1n) is 3.62. The lowest BCUT2D eigenvalue weighted by molar-refractivity contribution is -0.00730. The fourth-order valence-electron chi connectivity index (χ4n) is 0.935. The van der Waals surface area contributed by atoms with Crippen molar-refractivity contribution < 1.29 is 18.6 Å². The van der Waals surface area contributed by atoms with Crippen LogP contribution in [-0.2, 0) is 0 Å². The molecule has 1 aromatic rings. The van der Waals surface area contributed by atoms with Gasteiger partial charge in [0.05, 0.1) is 7.11 Å². The number of pyridine rings is 1. The monoisotopic (exact) mass is 189 g/mol. The van der Waals surface area contributed by atoms with Crippen LogP contribution in [0.5, 0.6) is 5.88 Å². The SMILES string of the molecule is COc1ncccc1C(O)C(F)F. The number of methoxy groups -OCH3 is 1. The topological polar surface area (TPSA) is 42.4 Å². The van der Waals surface area contributed by atoms with Gasteiger partial charge in [0.1, 0.15) is 6.10 Å². The molecule has 0 aliphatic heterocycles. The van der Waals surface area contributed by atoms with E-state index in [1.807, 2.05) is 0 Å². The van der Waals surface area contributed by atoms with Crippen LogP contribution in [0.3, 0.4) is 0 Å². The highest BCUT2D eigenvalue weighted by Gasteiger charge is 2.22. The van der Waals surface area contributed by atoms with Crippen LogP contribution in [0.4, 0.5) is 8.78 Å². The third-order valence-electron chi connectivity index (χ3n) is 1.55. The minimum absolute atomic E-state index is 0.000000000000000222. The van der Waals surface area contributed by atoms with E-state index in [2.05, 4.69) is 4.98 Å². The third-order valence-corrected chi connectivity index (χ3v) is 1.55. The van der Waals surface area contributed by atoms with Crippen molar-refractivity contribution in [3.63, 3.8) is 0 Å². The zero-order chi connectivity index (χ0) is 9.84. The number of hydrogen-bond acceptors (Lipinski definition) is 3. The van der Waals surface area contributed by atoms with Crippen LogP contribution in [-0.4, -0.2) is 23.6 Å². The molecular formula is C8H9F2NO2. The van der Waals surface area contributed by atoms with E-state index in [0.29, 0.717) is 0 Å². The summed E-state index contributed by atoms with van der Waals surface area (Å²) >= 11 is 0. The summed E-state index contributed by atoms with van der Waals surface area (Å²) in [6, 6.07) is 2.81. The molecule has 0 amide bonds. The van der Waals surface area contributed by atoms with Crippen LogP contribution >= 0.6 is 0 Å². The Morgan fingerprint density at radius 2 is 2.23 bits per heavy atom. The molecule has 1 rings (SSSR count). The van der Waals surface area contributed by atoms with Crippen molar-refractivity contribution in [3.8, 4) is 5.88 Å². The van der Waals surface area contributed by atoms with Crippen molar-refractivity contribution >= 4 is 0 Å². The minimum atomic E-state index is -2.84. The van der Waals surface area contributed by atoms with Crippen LogP contribution in [0.1, 0.15) is 11.7 Å². The van der Waals surface area contributed by atoms with E-state index in [-0.39, 0.29) is 11.4 Å². The number of hydrogen-bond donors (Lipinski definition) is 1. The van der Waals surface area contributed by atoms with Crippen LogP contribution in [0, 0.1) is 0 Å². The number of rotatable bonds is 3. The molecule has 5 heteroatoms. The third kappa shape index (κ3) is 2.12. The van der Waals surface area contributed by atoms with Gasteiger partial charge in [-0.05, 0) is 12.1 Å². The average Bonchev–Trinajstić information content (AvgIpc) is 2.16. The van der Waals surface area contributed by atoms with Crippen LogP contribution < -0.4 is 4.74 Å². The molecule has 0 radical (unpaired) electrons. The van der Waals surface area contributed by atoms with E-state index in [9.17, 15) is 8.78 Å².